The molecule has 0 amide bonds. The summed E-state index contributed by atoms with van der Waals surface area (Å²) in [4.78, 5) is 7.27. The molecule has 0 spiro atoms. The van der Waals surface area contributed by atoms with Crippen molar-refractivity contribution in [3.63, 3.8) is 0 Å². The molecule has 2 aromatic rings. The molecular weight excluding hydrogens is 293 g/mol. The number of hydrogen-bond donors (Lipinski definition) is 0. The molecule has 1 aromatic carbocycles. The first-order chi connectivity index (χ1) is 10.2. The van der Waals surface area contributed by atoms with E-state index in [1.165, 1.54) is 0 Å². The first-order valence-corrected chi connectivity index (χ1v) is 6.79. The van der Waals surface area contributed by atoms with E-state index < -0.39 is 12.0 Å². The minimum absolute atomic E-state index is 0.148. The summed E-state index contributed by atoms with van der Waals surface area (Å²) in [5, 5.41) is 0. The number of rotatable bonds is 3. The lowest BCUT2D eigenvalue weighted by molar-refractivity contribution is -0.145. The number of benzene rings is 1. The van der Waals surface area contributed by atoms with Crippen LogP contribution in [0.4, 0.5) is 13.2 Å². The summed E-state index contributed by atoms with van der Waals surface area (Å²) < 4.78 is 44.0. The number of halogens is 3. The van der Waals surface area contributed by atoms with Gasteiger partial charge < -0.3 is 4.74 Å². The van der Waals surface area contributed by atoms with Crippen LogP contribution in [0.3, 0.4) is 0 Å². The van der Waals surface area contributed by atoms with Crippen molar-refractivity contribution >= 4 is 0 Å². The Morgan fingerprint density at radius 2 is 1.82 bits per heavy atom. The molecule has 0 bridgehead atoms. The summed E-state index contributed by atoms with van der Waals surface area (Å²) in [6.07, 6.45) is -4.71. The summed E-state index contributed by atoms with van der Waals surface area (Å²) in [7, 11) is 1.58. The van der Waals surface area contributed by atoms with Gasteiger partial charge in [0.15, 0.2) is 0 Å². The normalized spacial score (nSPS) is 13.2. The molecule has 0 aliphatic carbocycles. The molecule has 0 fully saturated rings. The highest BCUT2D eigenvalue weighted by atomic mass is 19.4. The molecule has 1 aromatic heterocycles. The van der Waals surface area contributed by atoms with Crippen LogP contribution in [0.2, 0.25) is 0 Å². The fourth-order valence-electron chi connectivity index (χ4n) is 2.11. The smallest absolute Gasteiger partial charge is 0.377 e. The molecule has 0 aliphatic rings. The molecule has 118 valence electrons. The Kier molecular flexibility index (Phi) is 4.51. The maximum Gasteiger partial charge on any atom is 0.451 e. The molecule has 1 heterocycles. The number of aromatic nitrogens is 2. The number of alkyl halides is 3. The topological polar surface area (TPSA) is 35.0 Å². The van der Waals surface area contributed by atoms with Crippen molar-refractivity contribution in [1.29, 1.82) is 0 Å². The van der Waals surface area contributed by atoms with Crippen LogP contribution in [-0.4, -0.2) is 17.1 Å². The molecule has 0 saturated carbocycles. The number of nitrogens with zero attached hydrogens (tertiary/aromatic N) is 2. The molecule has 0 unspecified atom stereocenters. The van der Waals surface area contributed by atoms with E-state index in [1.54, 1.807) is 39.2 Å². The van der Waals surface area contributed by atoms with Gasteiger partial charge in [0, 0.05) is 18.4 Å². The van der Waals surface area contributed by atoms with E-state index in [9.17, 15) is 13.2 Å². The average Bonchev–Trinajstić information content (AvgIpc) is 2.48. The predicted octanol–water partition coefficient (Wildman–Crippen LogP) is 4.49. The highest BCUT2D eigenvalue weighted by Gasteiger charge is 2.35. The lowest BCUT2D eigenvalue weighted by Gasteiger charge is -2.14. The van der Waals surface area contributed by atoms with Gasteiger partial charge in [-0.05, 0) is 38.0 Å². The third-order valence-corrected chi connectivity index (χ3v) is 3.63. The first kappa shape index (κ1) is 16.4. The quantitative estimate of drug-likeness (QED) is 0.838. The summed E-state index contributed by atoms with van der Waals surface area (Å²) in [5.41, 5.74) is 2.75. The Bertz CT molecular complexity index is 684. The van der Waals surface area contributed by atoms with Gasteiger partial charge in [0.25, 0.3) is 0 Å². The van der Waals surface area contributed by atoms with Crippen molar-refractivity contribution < 1.29 is 17.9 Å². The summed E-state index contributed by atoms with van der Waals surface area (Å²) in [6, 6.07) is 7.18. The Morgan fingerprint density at radius 1 is 1.14 bits per heavy atom. The van der Waals surface area contributed by atoms with Gasteiger partial charge in [-0.1, -0.05) is 18.2 Å². The molecule has 0 aliphatic heterocycles. The predicted molar refractivity (Wildman–Crippen MR) is 77.4 cm³/mol. The van der Waals surface area contributed by atoms with E-state index in [-0.39, 0.29) is 6.10 Å². The first-order valence-electron chi connectivity index (χ1n) is 6.79. The fourth-order valence-corrected chi connectivity index (χ4v) is 2.11. The molecular formula is C16H17F3N2O. The van der Waals surface area contributed by atoms with Gasteiger partial charge in [0.05, 0.1) is 11.8 Å². The van der Waals surface area contributed by atoms with Crippen LogP contribution < -0.4 is 0 Å². The molecule has 0 N–H and O–H groups in total. The standard InChI is InChI=1S/C16H17F3N2O/c1-9-10(2)20-15(16(17,18)19)21-14(9)13-7-5-6-12(8-13)11(3)22-4/h5-8,11H,1-4H3/t11-/m1/s1. The Hall–Kier alpha value is -1.95. The van der Waals surface area contributed by atoms with Crippen molar-refractivity contribution in [2.75, 3.05) is 7.11 Å². The zero-order chi connectivity index (χ0) is 16.5. The van der Waals surface area contributed by atoms with Crippen LogP contribution in [-0.2, 0) is 10.9 Å². The van der Waals surface area contributed by atoms with E-state index in [0.29, 0.717) is 22.5 Å². The van der Waals surface area contributed by atoms with Gasteiger partial charge in [-0.2, -0.15) is 13.2 Å². The molecule has 3 nitrogen and oxygen atoms in total. The Morgan fingerprint density at radius 3 is 2.41 bits per heavy atom. The summed E-state index contributed by atoms with van der Waals surface area (Å²) in [6.45, 7) is 5.15. The third-order valence-electron chi connectivity index (χ3n) is 3.63. The minimum Gasteiger partial charge on any atom is -0.377 e. The Labute approximate surface area is 127 Å². The maximum absolute atomic E-state index is 12.9. The van der Waals surface area contributed by atoms with Crippen molar-refractivity contribution in [2.24, 2.45) is 0 Å². The highest BCUT2D eigenvalue weighted by Crippen LogP contribution is 2.31. The lowest BCUT2D eigenvalue weighted by atomic mass is 10.0. The molecule has 22 heavy (non-hydrogen) atoms. The van der Waals surface area contributed by atoms with E-state index in [0.717, 1.165) is 5.56 Å². The van der Waals surface area contributed by atoms with E-state index >= 15 is 0 Å². The Balaban J connectivity index is 2.59. The van der Waals surface area contributed by atoms with Crippen LogP contribution in [0.25, 0.3) is 11.3 Å². The van der Waals surface area contributed by atoms with E-state index in [4.69, 9.17) is 4.74 Å². The second-order valence-corrected chi connectivity index (χ2v) is 5.11. The fraction of sp³-hybridized carbons (Fsp3) is 0.375. The molecule has 6 heteroatoms. The molecule has 2 rings (SSSR count). The third kappa shape index (κ3) is 3.27. The maximum atomic E-state index is 12.9. The largest absolute Gasteiger partial charge is 0.451 e. The zero-order valence-electron chi connectivity index (χ0n) is 12.8. The highest BCUT2D eigenvalue weighted by molar-refractivity contribution is 5.64. The van der Waals surface area contributed by atoms with Gasteiger partial charge in [-0.15, -0.1) is 0 Å². The second kappa shape index (κ2) is 6.04. The SMILES string of the molecule is CO[C@H](C)c1cccc(-c2nc(C(F)(F)F)nc(C)c2C)c1. The summed E-state index contributed by atoms with van der Waals surface area (Å²) >= 11 is 0. The van der Waals surface area contributed by atoms with Crippen molar-refractivity contribution in [2.45, 2.75) is 33.1 Å². The van der Waals surface area contributed by atoms with Gasteiger partial charge >= 0.3 is 6.18 Å². The summed E-state index contributed by atoms with van der Waals surface area (Å²) in [5.74, 6) is -1.12. The number of hydrogen-bond acceptors (Lipinski definition) is 3. The average molecular weight is 310 g/mol. The molecule has 0 saturated heterocycles. The van der Waals surface area contributed by atoms with Crippen LogP contribution >= 0.6 is 0 Å². The van der Waals surface area contributed by atoms with Crippen LogP contribution in [0, 0.1) is 13.8 Å². The van der Waals surface area contributed by atoms with E-state index in [1.807, 2.05) is 13.0 Å². The lowest BCUT2D eigenvalue weighted by Crippen LogP contribution is -2.13. The van der Waals surface area contributed by atoms with Crippen LogP contribution in [0.1, 0.15) is 35.7 Å². The van der Waals surface area contributed by atoms with Gasteiger partial charge in [-0.25, -0.2) is 9.97 Å². The molecule has 1 atom stereocenters. The monoisotopic (exact) mass is 310 g/mol. The number of ether oxygens (including phenoxy) is 1. The van der Waals surface area contributed by atoms with Crippen molar-refractivity contribution in [3.05, 3.63) is 46.9 Å². The second-order valence-electron chi connectivity index (χ2n) is 5.11. The van der Waals surface area contributed by atoms with Crippen molar-refractivity contribution in [3.8, 4) is 11.3 Å². The van der Waals surface area contributed by atoms with Crippen molar-refractivity contribution in [1.82, 2.24) is 9.97 Å². The van der Waals surface area contributed by atoms with E-state index in [2.05, 4.69) is 9.97 Å². The van der Waals surface area contributed by atoms with Gasteiger partial charge in [0.1, 0.15) is 0 Å². The molecule has 0 radical (unpaired) electrons. The van der Waals surface area contributed by atoms with Gasteiger partial charge in [-0.3, -0.25) is 0 Å². The van der Waals surface area contributed by atoms with Crippen LogP contribution in [0.15, 0.2) is 24.3 Å². The van der Waals surface area contributed by atoms with Crippen LogP contribution in [0.5, 0.6) is 0 Å². The number of methoxy groups -OCH3 is 1. The number of aryl methyl sites for hydroxylation is 1. The zero-order valence-corrected chi connectivity index (χ0v) is 12.8. The minimum atomic E-state index is -4.56. The van der Waals surface area contributed by atoms with Gasteiger partial charge in [0.2, 0.25) is 5.82 Å².